The van der Waals surface area contributed by atoms with Crippen molar-refractivity contribution in [1.29, 1.82) is 5.41 Å². The molecule has 3 aliphatic rings. The number of aliphatic imine (C=N–C) groups is 1. The molecule has 0 radical (unpaired) electrons. The van der Waals surface area contributed by atoms with E-state index in [1.165, 1.54) is 18.9 Å². The second-order valence-electron chi connectivity index (χ2n) is 9.05. The van der Waals surface area contributed by atoms with Crippen molar-refractivity contribution in [3.05, 3.63) is 67.6 Å². The van der Waals surface area contributed by atoms with Gasteiger partial charge in [-0.05, 0) is 50.0 Å². The van der Waals surface area contributed by atoms with Crippen LogP contribution in [0.2, 0.25) is 0 Å². The lowest BCUT2D eigenvalue weighted by molar-refractivity contribution is -0.103. The zero-order chi connectivity index (χ0) is 29.0. The van der Waals surface area contributed by atoms with E-state index in [1.54, 1.807) is 31.5 Å². The summed E-state index contributed by atoms with van der Waals surface area (Å²) in [5, 5.41) is 17.1. The summed E-state index contributed by atoms with van der Waals surface area (Å²) < 4.78 is 5.33. The van der Waals surface area contributed by atoms with Crippen molar-refractivity contribution >= 4 is 23.4 Å². The smallest absolute Gasteiger partial charge is 0.166 e. The highest BCUT2D eigenvalue weighted by Gasteiger charge is 2.44. The number of rotatable bonds is 9. The number of piperidine rings is 1. The number of allylic oxidation sites excluding steroid dienone is 4. The van der Waals surface area contributed by atoms with Crippen molar-refractivity contribution in [1.82, 2.24) is 15.3 Å². The molecule has 1 aromatic heterocycles. The normalized spacial score (nSPS) is 23.0. The van der Waals surface area contributed by atoms with Crippen LogP contribution in [0.5, 0.6) is 0 Å². The number of morpholine rings is 1. The average Bonchev–Trinajstić information content (AvgIpc) is 3.60. The topological polar surface area (TPSA) is 129 Å². The minimum absolute atomic E-state index is 0. The SMILES string of the molecule is C=C/C=C\C(=NC)C(=N)C=C.CC.CC1COCCN1/N=C(/C=O)Cc1ccccn1.F.NC[C@@H]1CC2CC2N1. The van der Waals surface area contributed by atoms with E-state index in [1.807, 2.05) is 44.0 Å². The van der Waals surface area contributed by atoms with Crippen LogP contribution in [0.25, 0.3) is 0 Å². The molecular weight excluding hydrogens is 509 g/mol. The van der Waals surface area contributed by atoms with E-state index in [2.05, 4.69) is 33.6 Å². The summed E-state index contributed by atoms with van der Waals surface area (Å²) in [6.45, 7) is 15.9. The number of aromatic nitrogens is 1. The summed E-state index contributed by atoms with van der Waals surface area (Å²) in [7, 11) is 1.64. The van der Waals surface area contributed by atoms with Crippen LogP contribution < -0.4 is 11.1 Å². The fourth-order valence-corrected chi connectivity index (χ4v) is 3.98. The molecule has 222 valence electrons. The monoisotopic (exact) mass is 557 g/mol. The van der Waals surface area contributed by atoms with Crippen molar-refractivity contribution in [3.8, 4) is 0 Å². The number of hydrogen-bond donors (Lipinski definition) is 3. The Kier molecular flexibility index (Phi) is 19.7. The van der Waals surface area contributed by atoms with Gasteiger partial charge in [-0.1, -0.05) is 45.2 Å². The van der Waals surface area contributed by atoms with Gasteiger partial charge in [0.25, 0.3) is 0 Å². The van der Waals surface area contributed by atoms with Crippen molar-refractivity contribution in [2.24, 2.45) is 21.7 Å². The molecule has 0 bridgehead atoms. The van der Waals surface area contributed by atoms with Crippen LogP contribution in [-0.2, 0) is 16.0 Å². The first-order chi connectivity index (χ1) is 18.9. The molecule has 3 unspecified atom stereocenters. The number of fused-ring (bicyclic) bond motifs is 1. The Morgan fingerprint density at radius 3 is 2.55 bits per heavy atom. The predicted octanol–water partition coefficient (Wildman–Crippen LogP) is 3.78. The van der Waals surface area contributed by atoms with Crippen molar-refractivity contribution in [3.63, 3.8) is 0 Å². The van der Waals surface area contributed by atoms with Crippen LogP contribution >= 0.6 is 0 Å². The minimum Gasteiger partial charge on any atom is -0.377 e. The van der Waals surface area contributed by atoms with E-state index >= 15 is 0 Å². The van der Waals surface area contributed by atoms with Crippen molar-refractivity contribution < 1.29 is 14.2 Å². The number of carbonyl (C=O) groups excluding carboxylic acids is 1. The Morgan fingerprint density at radius 2 is 2.08 bits per heavy atom. The fourth-order valence-electron chi connectivity index (χ4n) is 3.98. The number of nitrogens with one attached hydrogen (secondary N) is 2. The molecule has 3 fully saturated rings. The summed E-state index contributed by atoms with van der Waals surface area (Å²) >= 11 is 0. The van der Waals surface area contributed by atoms with Crippen LogP contribution in [0, 0.1) is 11.3 Å². The van der Waals surface area contributed by atoms with Gasteiger partial charge in [0, 0.05) is 44.0 Å². The molecule has 2 saturated heterocycles. The Morgan fingerprint density at radius 1 is 1.32 bits per heavy atom. The third kappa shape index (κ3) is 13.6. The molecule has 2 aliphatic heterocycles. The number of halogens is 1. The quantitative estimate of drug-likeness (QED) is 0.241. The highest BCUT2D eigenvalue weighted by atomic mass is 19.0. The van der Waals surface area contributed by atoms with E-state index in [-0.39, 0.29) is 10.7 Å². The summed E-state index contributed by atoms with van der Waals surface area (Å²) in [6.07, 6.45) is 12.3. The van der Waals surface area contributed by atoms with Crippen LogP contribution in [-0.4, -0.2) is 84.9 Å². The highest BCUT2D eigenvalue weighted by molar-refractivity contribution is 6.49. The van der Waals surface area contributed by atoms with Gasteiger partial charge in [-0.15, -0.1) is 0 Å². The molecule has 3 heterocycles. The minimum atomic E-state index is 0. The largest absolute Gasteiger partial charge is 0.377 e. The maximum absolute atomic E-state index is 11.1. The van der Waals surface area contributed by atoms with Gasteiger partial charge in [0.2, 0.25) is 0 Å². The molecule has 4 N–H and O–H groups in total. The third-order valence-electron chi connectivity index (χ3n) is 6.17. The van der Waals surface area contributed by atoms with Gasteiger partial charge in [0.05, 0.1) is 37.2 Å². The number of aldehydes is 1. The molecule has 0 spiro atoms. The molecule has 4 atom stereocenters. The summed E-state index contributed by atoms with van der Waals surface area (Å²) in [4.78, 5) is 19.2. The van der Waals surface area contributed by atoms with Crippen molar-refractivity contribution in [2.45, 2.75) is 58.2 Å². The van der Waals surface area contributed by atoms with E-state index in [0.29, 0.717) is 42.8 Å². The molecule has 0 aromatic carbocycles. The van der Waals surface area contributed by atoms with E-state index in [9.17, 15) is 4.79 Å². The van der Waals surface area contributed by atoms with Gasteiger partial charge >= 0.3 is 0 Å². The van der Waals surface area contributed by atoms with Crippen LogP contribution in [0.1, 0.15) is 39.3 Å². The predicted molar refractivity (Wildman–Crippen MR) is 165 cm³/mol. The zero-order valence-electron chi connectivity index (χ0n) is 24.5. The number of hydrazone groups is 1. The van der Waals surface area contributed by atoms with Gasteiger partial charge in [-0.2, -0.15) is 5.10 Å². The van der Waals surface area contributed by atoms with Gasteiger partial charge in [0.15, 0.2) is 6.29 Å². The molecule has 1 aliphatic carbocycles. The van der Waals surface area contributed by atoms with Gasteiger partial charge < -0.3 is 15.8 Å². The summed E-state index contributed by atoms with van der Waals surface area (Å²) in [5.74, 6) is 1.00. The molecule has 4 rings (SSSR count). The lowest BCUT2D eigenvalue weighted by atomic mass is 10.2. The number of pyridine rings is 1. The number of nitrogens with zero attached hydrogens (tertiary/aromatic N) is 4. The number of carbonyl (C=O) groups is 1. The molecule has 1 saturated carbocycles. The first-order valence-electron chi connectivity index (χ1n) is 13.7. The fraction of sp³-hybridized carbons (Fsp3) is 0.500. The second kappa shape index (κ2) is 21.5. The van der Waals surface area contributed by atoms with Gasteiger partial charge in [0.1, 0.15) is 5.71 Å². The Balaban J connectivity index is 0.000000591. The summed E-state index contributed by atoms with van der Waals surface area (Å²) in [5.41, 5.74) is 7.74. The van der Waals surface area contributed by atoms with Gasteiger partial charge in [-0.3, -0.25) is 29.9 Å². The lowest BCUT2D eigenvalue weighted by Crippen LogP contribution is -2.40. The van der Waals surface area contributed by atoms with Crippen LogP contribution in [0.3, 0.4) is 0 Å². The maximum Gasteiger partial charge on any atom is 0.166 e. The Hall–Kier alpha value is -3.34. The average molecular weight is 558 g/mol. The lowest BCUT2D eigenvalue weighted by Gasteiger charge is -2.31. The van der Waals surface area contributed by atoms with Crippen LogP contribution in [0.4, 0.5) is 4.70 Å². The number of hydrogen-bond acceptors (Lipinski definition) is 9. The van der Waals surface area contributed by atoms with Gasteiger partial charge in [-0.25, -0.2) is 0 Å². The van der Waals surface area contributed by atoms with E-state index < -0.39 is 0 Å². The first-order valence-corrected chi connectivity index (χ1v) is 13.7. The van der Waals surface area contributed by atoms with Crippen molar-refractivity contribution in [2.75, 3.05) is 33.4 Å². The second-order valence-corrected chi connectivity index (χ2v) is 9.05. The molecule has 1 aromatic rings. The molecule has 10 heteroatoms. The summed E-state index contributed by atoms with van der Waals surface area (Å²) in [6, 6.07) is 7.37. The number of ether oxygens (including phenoxy) is 1. The molecule has 40 heavy (non-hydrogen) atoms. The maximum atomic E-state index is 11.1. The molecular formula is C30H48FN7O2. The zero-order valence-corrected chi connectivity index (χ0v) is 24.5. The Bertz CT molecular complexity index is 972. The Labute approximate surface area is 239 Å². The molecule has 0 amide bonds. The molecule has 9 nitrogen and oxygen atoms in total. The van der Waals surface area contributed by atoms with E-state index in [0.717, 1.165) is 37.0 Å². The van der Waals surface area contributed by atoms with E-state index in [4.69, 9.17) is 15.9 Å². The highest BCUT2D eigenvalue weighted by Crippen LogP contribution is 2.40. The first kappa shape index (κ1) is 36.7. The third-order valence-corrected chi connectivity index (χ3v) is 6.17. The van der Waals surface area contributed by atoms with Crippen LogP contribution in [0.15, 0.2) is 72.0 Å². The number of nitrogens with two attached hydrogens (primary N) is 1. The standard InChI is InChI=1S/C13H17N3O2.C9H12N2.C6H12N2.C2H6.FH/c1-11-10-18-7-6-16(11)15-13(9-17)8-12-4-2-3-5-14-12;1-4-6-7-9(11-3)8(10)5-2;7-3-5-1-4-2-6(4)8-5;1-2;/h2-5,9,11H,6-8,10H2,1H3;4-7,10H,1-2H2,3H3;4-6,8H,1-3,7H2;1-2H3;1H/b15-13+;7-6-,10-8?,11-9?;;;/t;;4?,5-,6?;;/m..0../s1.